The molecular weight excluding hydrogens is 500 g/mol. The Morgan fingerprint density at radius 3 is 1.24 bits per heavy atom. The van der Waals surface area contributed by atoms with Gasteiger partial charge in [0.25, 0.3) is 0 Å². The van der Waals surface area contributed by atoms with E-state index in [0.717, 1.165) is 56.4 Å². The molecule has 4 heteroatoms. The predicted octanol–water partition coefficient (Wildman–Crippen LogP) is 8.86. The lowest BCUT2D eigenvalue weighted by Gasteiger charge is -2.22. The molecule has 2 aromatic carbocycles. The van der Waals surface area contributed by atoms with Crippen molar-refractivity contribution < 1.29 is 0 Å². The summed E-state index contributed by atoms with van der Waals surface area (Å²) in [6, 6.07) is 34.1. The first-order valence-electron chi connectivity index (χ1n) is 14.0. The van der Waals surface area contributed by atoms with Crippen molar-refractivity contribution in [1.82, 2.24) is 19.9 Å². The maximum Gasteiger partial charge on any atom is 0.0725 e. The Morgan fingerprint density at radius 1 is 0.463 bits per heavy atom. The summed E-state index contributed by atoms with van der Waals surface area (Å²) in [5, 5.41) is 0. The van der Waals surface area contributed by atoms with Crippen LogP contribution in [0.15, 0.2) is 109 Å². The Balaban J connectivity index is 1.24. The highest BCUT2D eigenvalue weighted by atomic mass is 14.7. The van der Waals surface area contributed by atoms with Gasteiger partial charge in [-0.05, 0) is 96.8 Å². The number of hydrogen-bond acceptors (Lipinski definition) is 4. The maximum atomic E-state index is 5.00. The van der Waals surface area contributed by atoms with Gasteiger partial charge in [-0.25, -0.2) is 9.97 Å². The normalized spacial score (nSPS) is 13.1. The van der Waals surface area contributed by atoms with Gasteiger partial charge in [0.15, 0.2) is 0 Å². The molecule has 4 aromatic heterocycles. The summed E-state index contributed by atoms with van der Waals surface area (Å²) >= 11 is 0. The molecule has 0 radical (unpaired) electrons. The molecule has 0 spiro atoms. The van der Waals surface area contributed by atoms with Gasteiger partial charge in [0.1, 0.15) is 0 Å². The first-order valence-corrected chi connectivity index (χ1v) is 14.0. The van der Waals surface area contributed by atoms with Crippen molar-refractivity contribution in [2.24, 2.45) is 0 Å². The lowest BCUT2D eigenvalue weighted by atomic mass is 9.81. The van der Waals surface area contributed by atoms with Gasteiger partial charge >= 0.3 is 0 Å². The van der Waals surface area contributed by atoms with Crippen molar-refractivity contribution in [3.05, 3.63) is 132 Å². The number of fused-ring (bicyclic) bond motifs is 3. The Morgan fingerprint density at radius 2 is 0.854 bits per heavy atom. The van der Waals surface area contributed by atoms with Crippen molar-refractivity contribution in [2.75, 3.05) is 0 Å². The third kappa shape index (κ3) is 4.42. The standard InChI is InChI=1S/C37H30N4/c1-23-11-13-27(21-38-23)35-9-5-7-33(40-35)25-15-17-29-30-18-16-26(20-32(30)37(3,4)31(29)19-25)34-8-6-10-36(41-34)28-14-12-24(2)39-22-28/h5-22H,1-4H3. The number of benzene rings is 2. The lowest BCUT2D eigenvalue weighted by molar-refractivity contribution is 0.661. The minimum absolute atomic E-state index is 0.159. The molecular formula is C37H30N4. The van der Waals surface area contributed by atoms with Gasteiger partial charge in [-0.1, -0.05) is 50.2 Å². The highest BCUT2D eigenvalue weighted by Gasteiger charge is 2.36. The number of hydrogen-bond donors (Lipinski definition) is 0. The van der Waals surface area contributed by atoms with Gasteiger partial charge in [0.05, 0.1) is 22.8 Å². The van der Waals surface area contributed by atoms with E-state index in [4.69, 9.17) is 9.97 Å². The smallest absolute Gasteiger partial charge is 0.0725 e. The van der Waals surface area contributed by atoms with Crippen LogP contribution in [0.25, 0.3) is 56.2 Å². The third-order valence-electron chi connectivity index (χ3n) is 8.18. The van der Waals surface area contributed by atoms with Crippen LogP contribution in [-0.4, -0.2) is 19.9 Å². The van der Waals surface area contributed by atoms with Crippen LogP contribution in [0.4, 0.5) is 0 Å². The Kier molecular flexibility index (Phi) is 5.86. The Hall–Kier alpha value is -4.96. The van der Waals surface area contributed by atoms with Gasteiger partial charge in [-0.2, -0.15) is 0 Å². The Labute approximate surface area is 240 Å². The minimum atomic E-state index is -0.159. The number of aromatic nitrogens is 4. The number of nitrogens with zero attached hydrogens (tertiary/aromatic N) is 4. The van der Waals surface area contributed by atoms with E-state index in [-0.39, 0.29) is 5.41 Å². The molecule has 4 nitrogen and oxygen atoms in total. The minimum Gasteiger partial charge on any atom is -0.261 e. The lowest BCUT2D eigenvalue weighted by Crippen LogP contribution is -2.15. The van der Waals surface area contributed by atoms with Crippen molar-refractivity contribution in [3.8, 4) is 56.2 Å². The van der Waals surface area contributed by atoms with Crippen LogP contribution in [0.1, 0.15) is 36.4 Å². The van der Waals surface area contributed by atoms with E-state index in [0.29, 0.717) is 0 Å². The maximum absolute atomic E-state index is 5.00. The van der Waals surface area contributed by atoms with Crippen LogP contribution in [0.3, 0.4) is 0 Å². The highest BCUT2D eigenvalue weighted by molar-refractivity contribution is 5.85. The van der Waals surface area contributed by atoms with Crippen LogP contribution >= 0.6 is 0 Å². The summed E-state index contributed by atoms with van der Waals surface area (Å²) in [6.45, 7) is 8.62. The van der Waals surface area contributed by atoms with Crippen molar-refractivity contribution in [1.29, 1.82) is 0 Å². The molecule has 4 heterocycles. The van der Waals surface area contributed by atoms with Crippen LogP contribution in [0.5, 0.6) is 0 Å². The quantitative estimate of drug-likeness (QED) is 0.228. The van der Waals surface area contributed by atoms with E-state index in [9.17, 15) is 0 Å². The molecule has 7 rings (SSSR count). The van der Waals surface area contributed by atoms with E-state index in [1.54, 1.807) is 0 Å². The molecule has 0 saturated carbocycles. The molecule has 0 aliphatic heterocycles. The second-order valence-corrected chi connectivity index (χ2v) is 11.3. The van der Waals surface area contributed by atoms with Gasteiger partial charge in [0.2, 0.25) is 0 Å². The van der Waals surface area contributed by atoms with Crippen LogP contribution in [0.2, 0.25) is 0 Å². The number of aryl methyl sites for hydroxylation is 2. The summed E-state index contributed by atoms with van der Waals surface area (Å²) in [5.74, 6) is 0. The summed E-state index contributed by atoms with van der Waals surface area (Å²) in [4.78, 5) is 18.9. The zero-order valence-corrected chi connectivity index (χ0v) is 23.7. The molecule has 0 unspecified atom stereocenters. The van der Waals surface area contributed by atoms with Gasteiger partial charge in [-0.3, -0.25) is 9.97 Å². The van der Waals surface area contributed by atoms with E-state index in [2.05, 4.69) is 96.6 Å². The van der Waals surface area contributed by atoms with Crippen molar-refractivity contribution in [2.45, 2.75) is 33.1 Å². The van der Waals surface area contributed by atoms with Crippen LogP contribution < -0.4 is 0 Å². The fourth-order valence-electron chi connectivity index (χ4n) is 5.81. The molecule has 1 aliphatic rings. The molecule has 0 fully saturated rings. The zero-order chi connectivity index (χ0) is 28.1. The number of pyridine rings is 4. The first kappa shape index (κ1) is 25.0. The van der Waals surface area contributed by atoms with Crippen LogP contribution in [-0.2, 0) is 5.41 Å². The summed E-state index contributed by atoms with van der Waals surface area (Å²) in [7, 11) is 0. The van der Waals surface area contributed by atoms with Crippen molar-refractivity contribution in [3.63, 3.8) is 0 Å². The second kappa shape index (κ2) is 9.60. The summed E-state index contributed by atoms with van der Waals surface area (Å²) in [6.07, 6.45) is 3.79. The van der Waals surface area contributed by atoms with Gasteiger partial charge in [0, 0.05) is 51.5 Å². The molecule has 41 heavy (non-hydrogen) atoms. The van der Waals surface area contributed by atoms with E-state index >= 15 is 0 Å². The van der Waals surface area contributed by atoms with E-state index in [1.807, 2.05) is 50.5 Å². The molecule has 0 atom stereocenters. The van der Waals surface area contributed by atoms with Gasteiger partial charge in [-0.15, -0.1) is 0 Å². The molecule has 0 saturated heterocycles. The van der Waals surface area contributed by atoms with E-state index in [1.165, 1.54) is 22.3 Å². The predicted molar refractivity (Wildman–Crippen MR) is 166 cm³/mol. The molecule has 6 aromatic rings. The Bertz CT molecular complexity index is 1780. The molecule has 198 valence electrons. The fourth-order valence-corrected chi connectivity index (χ4v) is 5.81. The largest absolute Gasteiger partial charge is 0.261 e. The van der Waals surface area contributed by atoms with E-state index < -0.39 is 0 Å². The summed E-state index contributed by atoms with van der Waals surface area (Å²) in [5.41, 5.74) is 15.1. The third-order valence-corrected chi connectivity index (χ3v) is 8.18. The molecule has 0 N–H and O–H groups in total. The van der Waals surface area contributed by atoms with Crippen molar-refractivity contribution >= 4 is 0 Å². The fraction of sp³-hybridized carbons (Fsp3) is 0.135. The second-order valence-electron chi connectivity index (χ2n) is 11.3. The first-order chi connectivity index (χ1) is 19.9. The molecule has 0 bridgehead atoms. The SMILES string of the molecule is Cc1ccc(-c2cccc(-c3ccc4c(c3)C(C)(C)c3cc(-c5cccc(-c6ccc(C)nc6)n5)ccc3-4)n2)cn1. The topological polar surface area (TPSA) is 51.6 Å². The zero-order valence-electron chi connectivity index (χ0n) is 23.7. The van der Waals surface area contributed by atoms with Crippen LogP contribution in [0, 0.1) is 13.8 Å². The number of rotatable bonds is 4. The summed E-state index contributed by atoms with van der Waals surface area (Å²) < 4.78 is 0. The highest BCUT2D eigenvalue weighted by Crippen LogP contribution is 2.50. The average Bonchev–Trinajstić information content (AvgIpc) is 3.23. The monoisotopic (exact) mass is 530 g/mol. The van der Waals surface area contributed by atoms with Gasteiger partial charge < -0.3 is 0 Å². The molecule has 0 amide bonds. The molecule has 1 aliphatic carbocycles. The average molecular weight is 531 g/mol.